The van der Waals surface area contributed by atoms with Crippen molar-refractivity contribution in [1.82, 2.24) is 0 Å². The van der Waals surface area contributed by atoms with Gasteiger partial charge < -0.3 is 14.6 Å². The van der Waals surface area contributed by atoms with Crippen molar-refractivity contribution in [1.29, 1.82) is 0 Å². The van der Waals surface area contributed by atoms with Crippen molar-refractivity contribution >= 4 is 0 Å². The Hall–Kier alpha value is -0.120. The van der Waals surface area contributed by atoms with Crippen LogP contribution in [0, 0.1) is 5.92 Å². The number of rotatable bonds is 1. The molecule has 0 saturated carbocycles. The maximum absolute atomic E-state index is 8.85. The number of hydrogen-bond acceptors (Lipinski definition) is 3. The highest BCUT2D eigenvalue weighted by molar-refractivity contribution is 4.64. The van der Waals surface area contributed by atoms with Gasteiger partial charge in [-0.1, -0.05) is 0 Å². The molecule has 11 heavy (non-hydrogen) atoms. The van der Waals surface area contributed by atoms with E-state index in [1.54, 1.807) is 0 Å². The molecule has 1 aliphatic heterocycles. The zero-order valence-corrected chi connectivity index (χ0v) is 7.17. The quantitative estimate of drug-likeness (QED) is 0.615. The summed E-state index contributed by atoms with van der Waals surface area (Å²) in [6.45, 7) is 5.26. The number of hydrogen-bond donors (Lipinski definition) is 1. The van der Waals surface area contributed by atoms with E-state index >= 15 is 0 Å². The topological polar surface area (TPSA) is 38.7 Å². The van der Waals surface area contributed by atoms with Crippen LogP contribution in [0.2, 0.25) is 0 Å². The Morgan fingerprint density at radius 2 is 2.18 bits per heavy atom. The number of aliphatic hydroxyl groups excluding tert-OH is 1. The summed E-state index contributed by atoms with van der Waals surface area (Å²) < 4.78 is 10.8. The smallest absolute Gasteiger partial charge is 0.162 e. The van der Waals surface area contributed by atoms with Crippen LogP contribution in [0.3, 0.4) is 0 Å². The maximum atomic E-state index is 8.85. The van der Waals surface area contributed by atoms with E-state index in [1.165, 1.54) is 0 Å². The van der Waals surface area contributed by atoms with Gasteiger partial charge in [0.15, 0.2) is 5.79 Å². The predicted molar refractivity (Wildman–Crippen MR) is 41.2 cm³/mol. The van der Waals surface area contributed by atoms with Crippen LogP contribution in [0.4, 0.5) is 0 Å². The molecule has 0 unspecified atom stereocenters. The lowest BCUT2D eigenvalue weighted by Crippen LogP contribution is -2.27. The van der Waals surface area contributed by atoms with Crippen molar-refractivity contribution in [3.05, 3.63) is 0 Å². The summed E-state index contributed by atoms with van der Waals surface area (Å²) in [4.78, 5) is 0. The molecule has 0 spiro atoms. The molecule has 3 heteroatoms. The van der Waals surface area contributed by atoms with Crippen LogP contribution in [-0.4, -0.2) is 30.7 Å². The van der Waals surface area contributed by atoms with E-state index < -0.39 is 5.79 Å². The molecule has 1 rings (SSSR count). The third kappa shape index (κ3) is 2.77. The summed E-state index contributed by atoms with van der Waals surface area (Å²) >= 11 is 0. The van der Waals surface area contributed by atoms with Gasteiger partial charge in [0.2, 0.25) is 0 Å². The lowest BCUT2D eigenvalue weighted by atomic mass is 10.1. The Morgan fingerprint density at radius 1 is 1.45 bits per heavy atom. The van der Waals surface area contributed by atoms with Crippen LogP contribution in [0.5, 0.6) is 0 Å². The minimum absolute atomic E-state index is 0.194. The lowest BCUT2D eigenvalue weighted by Gasteiger charge is -2.22. The van der Waals surface area contributed by atoms with Crippen LogP contribution in [0.15, 0.2) is 0 Å². The minimum Gasteiger partial charge on any atom is -0.396 e. The fraction of sp³-hybridized carbons (Fsp3) is 1.00. The summed E-state index contributed by atoms with van der Waals surface area (Å²) in [6.07, 6.45) is 0.889. The second-order valence-electron chi connectivity index (χ2n) is 3.40. The molecule has 0 aliphatic carbocycles. The highest BCUT2D eigenvalue weighted by Gasteiger charge is 2.24. The molecular formula is C8H16O3. The summed E-state index contributed by atoms with van der Waals surface area (Å²) in [5.74, 6) is -0.221. The van der Waals surface area contributed by atoms with Gasteiger partial charge >= 0.3 is 0 Å². The minimum atomic E-state index is -0.468. The SMILES string of the molecule is CC1(C)OCC[C@@H](CO)CO1. The second kappa shape index (κ2) is 3.52. The number of aliphatic hydroxyl groups is 1. The molecule has 1 atom stereocenters. The van der Waals surface area contributed by atoms with E-state index in [1.807, 2.05) is 13.8 Å². The van der Waals surface area contributed by atoms with Crippen LogP contribution < -0.4 is 0 Å². The highest BCUT2D eigenvalue weighted by atomic mass is 16.7. The van der Waals surface area contributed by atoms with Crippen LogP contribution in [0.1, 0.15) is 20.3 Å². The summed E-state index contributed by atoms with van der Waals surface area (Å²) in [5.41, 5.74) is 0. The first-order valence-corrected chi connectivity index (χ1v) is 4.03. The van der Waals surface area contributed by atoms with Gasteiger partial charge in [-0.15, -0.1) is 0 Å². The fourth-order valence-corrected chi connectivity index (χ4v) is 1.06. The first kappa shape index (κ1) is 8.97. The summed E-state index contributed by atoms with van der Waals surface area (Å²) in [5, 5.41) is 8.85. The molecule has 1 heterocycles. The zero-order valence-electron chi connectivity index (χ0n) is 7.17. The van der Waals surface area contributed by atoms with Crippen molar-refractivity contribution in [3.8, 4) is 0 Å². The average Bonchev–Trinajstić information content (AvgIpc) is 2.10. The van der Waals surface area contributed by atoms with Crippen molar-refractivity contribution in [2.24, 2.45) is 5.92 Å². The van der Waals surface area contributed by atoms with E-state index in [2.05, 4.69) is 0 Å². The Morgan fingerprint density at radius 3 is 2.82 bits per heavy atom. The van der Waals surface area contributed by atoms with E-state index in [-0.39, 0.29) is 12.5 Å². The molecule has 1 aliphatic rings. The van der Waals surface area contributed by atoms with Crippen LogP contribution >= 0.6 is 0 Å². The van der Waals surface area contributed by atoms with Crippen molar-refractivity contribution < 1.29 is 14.6 Å². The molecule has 0 radical (unpaired) electrons. The van der Waals surface area contributed by atoms with Gasteiger partial charge in [-0.2, -0.15) is 0 Å². The third-order valence-corrected chi connectivity index (χ3v) is 1.90. The normalized spacial score (nSPS) is 31.4. The summed E-state index contributed by atoms with van der Waals surface area (Å²) in [6, 6.07) is 0. The van der Waals surface area contributed by atoms with E-state index in [0.29, 0.717) is 13.2 Å². The van der Waals surface area contributed by atoms with Gasteiger partial charge in [-0.3, -0.25) is 0 Å². The molecule has 0 amide bonds. The second-order valence-corrected chi connectivity index (χ2v) is 3.40. The Kier molecular flexibility index (Phi) is 2.87. The third-order valence-electron chi connectivity index (χ3n) is 1.90. The van der Waals surface area contributed by atoms with E-state index in [9.17, 15) is 0 Å². The standard InChI is InChI=1S/C8H16O3/c1-8(2)10-4-3-7(5-9)6-11-8/h7,9H,3-6H2,1-2H3/t7-/m0/s1. The molecule has 66 valence electrons. The van der Waals surface area contributed by atoms with Crippen molar-refractivity contribution in [2.45, 2.75) is 26.1 Å². The predicted octanol–water partition coefficient (Wildman–Crippen LogP) is 0.768. The average molecular weight is 160 g/mol. The molecule has 0 aromatic rings. The molecule has 1 N–H and O–H groups in total. The zero-order chi connectivity index (χ0) is 8.32. The molecular weight excluding hydrogens is 144 g/mol. The van der Waals surface area contributed by atoms with Crippen molar-refractivity contribution in [3.63, 3.8) is 0 Å². The van der Waals surface area contributed by atoms with Gasteiger partial charge in [-0.25, -0.2) is 0 Å². The molecule has 1 saturated heterocycles. The van der Waals surface area contributed by atoms with Gasteiger partial charge in [-0.05, 0) is 20.3 Å². The van der Waals surface area contributed by atoms with E-state index in [0.717, 1.165) is 6.42 Å². The molecule has 0 bridgehead atoms. The molecule has 0 aromatic carbocycles. The van der Waals surface area contributed by atoms with Crippen molar-refractivity contribution in [2.75, 3.05) is 19.8 Å². The largest absolute Gasteiger partial charge is 0.396 e. The Balaban J connectivity index is 2.39. The Labute approximate surface area is 67.3 Å². The van der Waals surface area contributed by atoms with Gasteiger partial charge in [0.05, 0.1) is 13.2 Å². The molecule has 3 nitrogen and oxygen atoms in total. The summed E-state index contributed by atoms with van der Waals surface area (Å²) in [7, 11) is 0. The van der Waals surface area contributed by atoms with Crippen LogP contribution in [0.25, 0.3) is 0 Å². The molecule has 0 aromatic heterocycles. The van der Waals surface area contributed by atoms with E-state index in [4.69, 9.17) is 14.6 Å². The highest BCUT2D eigenvalue weighted by Crippen LogP contribution is 2.19. The fourth-order valence-electron chi connectivity index (χ4n) is 1.06. The molecule has 1 fully saturated rings. The first-order chi connectivity index (χ1) is 5.14. The van der Waals surface area contributed by atoms with Gasteiger partial charge in [0, 0.05) is 12.5 Å². The number of ether oxygens (including phenoxy) is 2. The lowest BCUT2D eigenvalue weighted by molar-refractivity contribution is -0.201. The maximum Gasteiger partial charge on any atom is 0.162 e. The Bertz CT molecular complexity index is 123. The monoisotopic (exact) mass is 160 g/mol. The van der Waals surface area contributed by atoms with Crippen LogP contribution in [-0.2, 0) is 9.47 Å². The van der Waals surface area contributed by atoms with Gasteiger partial charge in [0.1, 0.15) is 0 Å². The van der Waals surface area contributed by atoms with Gasteiger partial charge in [0.25, 0.3) is 0 Å². The first-order valence-electron chi connectivity index (χ1n) is 4.03.